The first-order valence-electron chi connectivity index (χ1n) is 4.92. The van der Waals surface area contributed by atoms with Gasteiger partial charge in [-0.05, 0) is 12.1 Å². The monoisotopic (exact) mass is 257 g/mol. The second-order valence-corrected chi connectivity index (χ2v) is 3.37. The predicted molar refractivity (Wildman–Crippen MR) is 69.0 cm³/mol. The quantitative estimate of drug-likeness (QED) is 0.823. The van der Waals surface area contributed by atoms with E-state index in [4.69, 9.17) is 5.73 Å². The van der Waals surface area contributed by atoms with Crippen LogP contribution in [0.15, 0.2) is 30.3 Å². The Morgan fingerprint density at radius 3 is 2.41 bits per heavy atom. The van der Waals surface area contributed by atoms with Gasteiger partial charge in [0.05, 0.1) is 13.1 Å². The zero-order valence-corrected chi connectivity index (χ0v) is 10.4. The maximum Gasteiger partial charge on any atom is 0.243 e. The molecule has 0 unspecified atom stereocenters. The maximum absolute atomic E-state index is 11.5. The number of halogens is 1. The summed E-state index contributed by atoms with van der Waals surface area (Å²) in [5, 5.41) is 2.68. The van der Waals surface area contributed by atoms with Crippen LogP contribution in [-0.4, -0.2) is 36.9 Å². The Kier molecular flexibility index (Phi) is 6.93. The summed E-state index contributed by atoms with van der Waals surface area (Å²) < 4.78 is 0. The van der Waals surface area contributed by atoms with Crippen molar-refractivity contribution in [3.63, 3.8) is 0 Å². The van der Waals surface area contributed by atoms with Crippen LogP contribution in [0.1, 0.15) is 0 Å². The molecule has 0 aliphatic heterocycles. The summed E-state index contributed by atoms with van der Waals surface area (Å²) in [6, 6.07) is 9.07. The van der Waals surface area contributed by atoms with Gasteiger partial charge in [-0.15, -0.1) is 12.4 Å². The van der Waals surface area contributed by atoms with E-state index in [0.717, 1.165) is 0 Å². The minimum atomic E-state index is -0.261. The van der Waals surface area contributed by atoms with Gasteiger partial charge in [-0.25, -0.2) is 0 Å². The summed E-state index contributed by atoms with van der Waals surface area (Å²) in [7, 11) is 1.54. The molecule has 0 aliphatic carbocycles. The van der Waals surface area contributed by atoms with Gasteiger partial charge in [0.1, 0.15) is 0 Å². The van der Waals surface area contributed by atoms with E-state index in [1.54, 1.807) is 19.2 Å². The maximum atomic E-state index is 11.5. The fourth-order valence-electron chi connectivity index (χ4n) is 1.18. The molecule has 17 heavy (non-hydrogen) atoms. The number of hydrogen-bond acceptors (Lipinski definition) is 3. The second kappa shape index (κ2) is 7.65. The molecule has 0 fully saturated rings. The molecule has 0 spiro atoms. The summed E-state index contributed by atoms with van der Waals surface area (Å²) in [4.78, 5) is 23.9. The van der Waals surface area contributed by atoms with Crippen molar-refractivity contribution >= 4 is 29.9 Å². The fourth-order valence-corrected chi connectivity index (χ4v) is 1.18. The number of anilines is 1. The Labute approximate surface area is 106 Å². The van der Waals surface area contributed by atoms with E-state index < -0.39 is 0 Å². The molecule has 0 aromatic heterocycles. The highest BCUT2D eigenvalue weighted by molar-refractivity contribution is 5.94. The zero-order valence-electron chi connectivity index (χ0n) is 9.55. The number of para-hydroxylation sites is 1. The molecule has 6 heteroatoms. The van der Waals surface area contributed by atoms with Gasteiger partial charge in [0.25, 0.3) is 0 Å². The van der Waals surface area contributed by atoms with E-state index in [1.807, 2.05) is 18.2 Å². The summed E-state index contributed by atoms with van der Waals surface area (Å²) in [6.07, 6.45) is 0. The first kappa shape index (κ1) is 15.4. The lowest BCUT2D eigenvalue weighted by Crippen LogP contribution is -2.38. The van der Waals surface area contributed by atoms with Crippen molar-refractivity contribution in [3.8, 4) is 0 Å². The predicted octanol–water partition coefficient (Wildman–Crippen LogP) is 0.464. The van der Waals surface area contributed by atoms with E-state index in [1.165, 1.54) is 4.90 Å². The lowest BCUT2D eigenvalue weighted by atomic mass is 10.3. The molecule has 0 radical (unpaired) electrons. The van der Waals surface area contributed by atoms with Crippen molar-refractivity contribution in [2.75, 3.05) is 25.5 Å². The van der Waals surface area contributed by atoms with Gasteiger partial charge >= 0.3 is 0 Å². The lowest BCUT2D eigenvalue weighted by molar-refractivity contribution is -0.132. The van der Waals surface area contributed by atoms with Gasteiger partial charge in [0, 0.05) is 12.7 Å². The number of amides is 2. The highest BCUT2D eigenvalue weighted by atomic mass is 35.5. The van der Waals surface area contributed by atoms with E-state index in [2.05, 4.69) is 5.32 Å². The zero-order chi connectivity index (χ0) is 12.0. The molecule has 0 bridgehead atoms. The molecule has 0 heterocycles. The van der Waals surface area contributed by atoms with Crippen LogP contribution < -0.4 is 11.1 Å². The highest BCUT2D eigenvalue weighted by Crippen LogP contribution is 2.04. The van der Waals surface area contributed by atoms with Gasteiger partial charge in [0.2, 0.25) is 11.8 Å². The first-order chi connectivity index (χ1) is 7.63. The number of rotatable bonds is 4. The number of benzene rings is 1. The first-order valence-corrected chi connectivity index (χ1v) is 4.92. The summed E-state index contributed by atoms with van der Waals surface area (Å²) >= 11 is 0. The Balaban J connectivity index is 0.00000256. The Bertz CT molecular complexity index is 370. The Hall–Kier alpha value is -1.59. The number of nitrogens with one attached hydrogen (secondary N) is 1. The van der Waals surface area contributed by atoms with Crippen LogP contribution in [0.5, 0.6) is 0 Å². The number of likely N-dealkylation sites (N-methyl/N-ethyl adjacent to an activating group) is 1. The van der Waals surface area contributed by atoms with E-state index in [9.17, 15) is 9.59 Å². The molecule has 0 saturated heterocycles. The SMILES string of the molecule is CN(CC(=O)Nc1ccccc1)C(=O)CN.Cl. The molecule has 1 aromatic rings. The van der Waals surface area contributed by atoms with Crippen molar-refractivity contribution in [2.24, 2.45) is 5.73 Å². The number of nitrogens with zero attached hydrogens (tertiary/aromatic N) is 1. The van der Waals surface area contributed by atoms with Crippen LogP contribution in [0.25, 0.3) is 0 Å². The van der Waals surface area contributed by atoms with Crippen molar-refractivity contribution in [1.29, 1.82) is 0 Å². The van der Waals surface area contributed by atoms with Crippen LogP contribution in [-0.2, 0) is 9.59 Å². The molecular weight excluding hydrogens is 242 g/mol. The molecular formula is C11H16ClN3O2. The van der Waals surface area contributed by atoms with E-state index >= 15 is 0 Å². The largest absolute Gasteiger partial charge is 0.335 e. The van der Waals surface area contributed by atoms with Gasteiger partial charge in [-0.1, -0.05) is 18.2 Å². The summed E-state index contributed by atoms with van der Waals surface area (Å²) in [5.41, 5.74) is 5.89. The van der Waals surface area contributed by atoms with Gasteiger partial charge in [-0.3, -0.25) is 9.59 Å². The number of hydrogen-bond donors (Lipinski definition) is 2. The van der Waals surface area contributed by atoms with Crippen molar-refractivity contribution in [1.82, 2.24) is 4.90 Å². The third kappa shape index (κ3) is 5.33. The van der Waals surface area contributed by atoms with Gasteiger partial charge in [0.15, 0.2) is 0 Å². The van der Waals surface area contributed by atoms with Crippen LogP contribution in [0, 0.1) is 0 Å². The highest BCUT2D eigenvalue weighted by Gasteiger charge is 2.10. The summed E-state index contributed by atoms with van der Waals surface area (Å²) in [6.45, 7) is -0.0833. The number of carbonyl (C=O) groups is 2. The van der Waals surface area contributed by atoms with Crippen LogP contribution in [0.3, 0.4) is 0 Å². The third-order valence-corrected chi connectivity index (χ3v) is 2.04. The molecule has 2 amide bonds. The molecule has 0 saturated carbocycles. The van der Waals surface area contributed by atoms with Crippen LogP contribution in [0.4, 0.5) is 5.69 Å². The smallest absolute Gasteiger partial charge is 0.243 e. The van der Waals surface area contributed by atoms with Gasteiger partial charge < -0.3 is 16.0 Å². The number of carbonyl (C=O) groups excluding carboxylic acids is 2. The van der Waals surface area contributed by atoms with Crippen LogP contribution >= 0.6 is 12.4 Å². The van der Waals surface area contributed by atoms with Crippen LogP contribution in [0.2, 0.25) is 0 Å². The van der Waals surface area contributed by atoms with E-state index in [-0.39, 0.29) is 37.3 Å². The Morgan fingerprint density at radius 1 is 1.29 bits per heavy atom. The van der Waals surface area contributed by atoms with E-state index in [0.29, 0.717) is 5.69 Å². The molecule has 1 rings (SSSR count). The molecule has 0 atom stereocenters. The average Bonchev–Trinajstić information content (AvgIpc) is 2.29. The second-order valence-electron chi connectivity index (χ2n) is 3.37. The normalized spacial score (nSPS) is 9.06. The minimum absolute atomic E-state index is 0. The average molecular weight is 258 g/mol. The van der Waals surface area contributed by atoms with Crippen molar-refractivity contribution < 1.29 is 9.59 Å². The minimum Gasteiger partial charge on any atom is -0.335 e. The topological polar surface area (TPSA) is 75.4 Å². The molecule has 0 aliphatic rings. The Morgan fingerprint density at radius 2 is 1.88 bits per heavy atom. The fraction of sp³-hybridized carbons (Fsp3) is 0.273. The molecule has 5 nitrogen and oxygen atoms in total. The number of nitrogens with two attached hydrogens (primary N) is 1. The molecule has 94 valence electrons. The van der Waals surface area contributed by atoms with Gasteiger partial charge in [-0.2, -0.15) is 0 Å². The lowest BCUT2D eigenvalue weighted by Gasteiger charge is -2.15. The summed E-state index contributed by atoms with van der Waals surface area (Å²) in [5.74, 6) is -0.501. The molecule has 3 N–H and O–H groups in total. The standard InChI is InChI=1S/C11H15N3O2.ClH/c1-14(11(16)7-12)8-10(15)13-9-5-3-2-4-6-9;/h2-6H,7-8,12H2,1H3,(H,13,15);1H. The molecule has 1 aromatic carbocycles. The van der Waals surface area contributed by atoms with Crippen molar-refractivity contribution in [3.05, 3.63) is 30.3 Å². The van der Waals surface area contributed by atoms with Crippen molar-refractivity contribution in [2.45, 2.75) is 0 Å². The third-order valence-electron chi connectivity index (χ3n) is 2.04.